The Hall–Kier alpha value is -3.39. The molecule has 1 amide bonds. The average Bonchev–Trinajstić information content (AvgIpc) is 3.15. The number of hydrogen-bond donors (Lipinski definition) is 1. The summed E-state index contributed by atoms with van der Waals surface area (Å²) < 4.78 is 0. The molecule has 0 unspecified atom stereocenters. The minimum atomic E-state index is -0.200. The van der Waals surface area contributed by atoms with Crippen molar-refractivity contribution in [1.82, 2.24) is 9.97 Å². The third-order valence-electron chi connectivity index (χ3n) is 3.63. The van der Waals surface area contributed by atoms with E-state index in [1.807, 2.05) is 41.8 Å². The molecule has 0 bridgehead atoms. The van der Waals surface area contributed by atoms with Crippen molar-refractivity contribution in [2.75, 3.05) is 23.8 Å². The maximum absolute atomic E-state index is 12.4. The number of para-hydroxylation sites is 2. The number of nitrogens with one attached hydrogen (secondary N) is 1. The Bertz CT molecular complexity index is 955. The lowest BCUT2D eigenvalue weighted by Crippen LogP contribution is -2.30. The molecule has 1 aromatic carbocycles. The van der Waals surface area contributed by atoms with E-state index in [4.69, 9.17) is 0 Å². The summed E-state index contributed by atoms with van der Waals surface area (Å²) >= 11 is 1.35. The van der Waals surface area contributed by atoms with Crippen molar-refractivity contribution in [3.8, 4) is 11.4 Å². The maximum atomic E-state index is 12.4. The quantitative estimate of drug-likeness (QED) is 0.503. The highest BCUT2D eigenvalue weighted by Crippen LogP contribution is 2.27. The molecule has 3 aromatic rings. The van der Waals surface area contributed by atoms with E-state index in [9.17, 15) is 9.59 Å². The fourth-order valence-corrected chi connectivity index (χ4v) is 3.15. The van der Waals surface area contributed by atoms with E-state index in [1.165, 1.54) is 17.6 Å². The SMILES string of the molecule is CN(CC(=O)Nc1nc(-c2ccccn2)cs1)c1ccccc1/N=C\C=O. The van der Waals surface area contributed by atoms with Gasteiger partial charge in [-0.05, 0) is 24.3 Å². The molecule has 0 radical (unpaired) electrons. The third kappa shape index (κ3) is 4.83. The van der Waals surface area contributed by atoms with Crippen molar-refractivity contribution in [2.45, 2.75) is 0 Å². The highest BCUT2D eigenvalue weighted by atomic mass is 32.1. The molecule has 0 saturated heterocycles. The summed E-state index contributed by atoms with van der Waals surface area (Å²) in [5.74, 6) is -0.200. The topological polar surface area (TPSA) is 87.6 Å². The van der Waals surface area contributed by atoms with Crippen LogP contribution in [0.15, 0.2) is 59.0 Å². The van der Waals surface area contributed by atoms with Crippen LogP contribution in [0.4, 0.5) is 16.5 Å². The normalized spacial score (nSPS) is 10.7. The molecule has 136 valence electrons. The standard InChI is InChI=1S/C19H17N5O2S/c1-24(17-8-3-2-7-15(17)21-10-11-25)12-18(26)23-19-22-16(13-27-19)14-6-4-5-9-20-14/h2-11,13H,12H2,1H3,(H,22,23,26)/b21-10-. The van der Waals surface area contributed by atoms with Gasteiger partial charge in [-0.1, -0.05) is 18.2 Å². The van der Waals surface area contributed by atoms with Crippen LogP contribution >= 0.6 is 11.3 Å². The second-order valence-corrected chi connectivity index (χ2v) is 6.42. The largest absolute Gasteiger partial charge is 0.364 e. The van der Waals surface area contributed by atoms with Gasteiger partial charge in [0.05, 0.1) is 29.8 Å². The molecule has 8 heteroatoms. The maximum Gasteiger partial charge on any atom is 0.245 e. The zero-order valence-electron chi connectivity index (χ0n) is 14.6. The number of nitrogens with zero attached hydrogens (tertiary/aromatic N) is 4. The average molecular weight is 379 g/mol. The molecule has 7 nitrogen and oxygen atoms in total. The minimum Gasteiger partial charge on any atom is -0.364 e. The number of aromatic nitrogens is 2. The van der Waals surface area contributed by atoms with Crippen molar-refractivity contribution in [2.24, 2.45) is 4.99 Å². The Morgan fingerprint density at radius 2 is 2.04 bits per heavy atom. The Labute approximate surface area is 160 Å². The zero-order valence-corrected chi connectivity index (χ0v) is 15.4. The molecule has 1 N–H and O–H groups in total. The van der Waals surface area contributed by atoms with E-state index in [2.05, 4.69) is 20.3 Å². The van der Waals surface area contributed by atoms with Gasteiger partial charge in [0.15, 0.2) is 11.4 Å². The molecule has 3 rings (SSSR count). The number of rotatable bonds is 7. The molecule has 0 fully saturated rings. The summed E-state index contributed by atoms with van der Waals surface area (Å²) in [5.41, 5.74) is 2.84. The molecule has 0 saturated carbocycles. The predicted molar refractivity (Wildman–Crippen MR) is 108 cm³/mol. The summed E-state index contributed by atoms with van der Waals surface area (Å²) in [6.45, 7) is 0.117. The van der Waals surface area contributed by atoms with Crippen LogP contribution in [0.3, 0.4) is 0 Å². The number of hydrogen-bond acceptors (Lipinski definition) is 7. The lowest BCUT2D eigenvalue weighted by atomic mass is 10.2. The lowest BCUT2D eigenvalue weighted by Gasteiger charge is -2.20. The van der Waals surface area contributed by atoms with Crippen LogP contribution in [0, 0.1) is 0 Å². The summed E-state index contributed by atoms with van der Waals surface area (Å²) in [7, 11) is 1.79. The van der Waals surface area contributed by atoms with Gasteiger partial charge in [-0.2, -0.15) is 0 Å². The number of carbonyl (C=O) groups is 2. The van der Waals surface area contributed by atoms with Gasteiger partial charge in [-0.3, -0.25) is 19.6 Å². The van der Waals surface area contributed by atoms with Crippen LogP contribution in [0.25, 0.3) is 11.4 Å². The number of likely N-dealkylation sites (N-methyl/N-ethyl adjacent to an activating group) is 1. The summed E-state index contributed by atoms with van der Waals surface area (Å²) in [6.07, 6.45) is 3.50. The first-order valence-electron chi connectivity index (χ1n) is 8.12. The molecule has 0 atom stereocenters. The number of aliphatic imine (C=N–C) groups is 1. The monoisotopic (exact) mass is 379 g/mol. The van der Waals surface area contributed by atoms with Crippen LogP contribution in [-0.4, -0.2) is 42.0 Å². The highest BCUT2D eigenvalue weighted by Gasteiger charge is 2.13. The first kappa shape index (κ1) is 18.4. The van der Waals surface area contributed by atoms with Crippen LogP contribution in [0.2, 0.25) is 0 Å². The van der Waals surface area contributed by atoms with Crippen LogP contribution < -0.4 is 10.2 Å². The molecular formula is C19H17N5O2S. The fraction of sp³-hybridized carbons (Fsp3) is 0.105. The summed E-state index contributed by atoms with van der Waals surface area (Å²) in [6, 6.07) is 12.9. The molecule has 27 heavy (non-hydrogen) atoms. The summed E-state index contributed by atoms with van der Waals surface area (Å²) in [4.78, 5) is 37.4. The predicted octanol–water partition coefficient (Wildman–Crippen LogP) is 3.18. The number of amides is 1. The zero-order chi connectivity index (χ0) is 19.1. The Morgan fingerprint density at radius 1 is 1.22 bits per heavy atom. The Kier molecular flexibility index (Phi) is 6.01. The van der Waals surface area contributed by atoms with E-state index in [1.54, 1.807) is 24.2 Å². The van der Waals surface area contributed by atoms with Crippen LogP contribution in [0.1, 0.15) is 0 Å². The van der Waals surface area contributed by atoms with E-state index in [0.717, 1.165) is 17.1 Å². The van der Waals surface area contributed by atoms with E-state index >= 15 is 0 Å². The van der Waals surface area contributed by atoms with Crippen LogP contribution in [0.5, 0.6) is 0 Å². The molecule has 0 spiro atoms. The lowest BCUT2D eigenvalue weighted by molar-refractivity contribution is -0.115. The van der Waals surface area contributed by atoms with Crippen molar-refractivity contribution in [3.05, 3.63) is 54.0 Å². The fourth-order valence-electron chi connectivity index (χ4n) is 2.43. The number of anilines is 2. The van der Waals surface area contributed by atoms with Gasteiger partial charge >= 0.3 is 0 Å². The summed E-state index contributed by atoms with van der Waals surface area (Å²) in [5, 5.41) is 5.17. The second-order valence-electron chi connectivity index (χ2n) is 5.56. The van der Waals surface area contributed by atoms with Crippen molar-refractivity contribution in [3.63, 3.8) is 0 Å². The van der Waals surface area contributed by atoms with Crippen molar-refractivity contribution in [1.29, 1.82) is 0 Å². The Balaban J connectivity index is 1.65. The highest BCUT2D eigenvalue weighted by molar-refractivity contribution is 7.14. The van der Waals surface area contributed by atoms with E-state index < -0.39 is 0 Å². The van der Waals surface area contributed by atoms with Crippen molar-refractivity contribution >= 4 is 46.3 Å². The van der Waals surface area contributed by atoms with Gasteiger partial charge in [0.1, 0.15) is 5.69 Å². The Morgan fingerprint density at radius 3 is 2.81 bits per heavy atom. The molecule has 0 aliphatic carbocycles. The minimum absolute atomic E-state index is 0.117. The van der Waals surface area contributed by atoms with Gasteiger partial charge in [-0.25, -0.2) is 4.98 Å². The molecule has 0 aliphatic rings. The van der Waals surface area contributed by atoms with Gasteiger partial charge < -0.3 is 10.2 Å². The van der Waals surface area contributed by atoms with E-state index in [-0.39, 0.29) is 12.5 Å². The third-order valence-corrected chi connectivity index (χ3v) is 4.38. The second kappa shape index (κ2) is 8.81. The van der Waals surface area contributed by atoms with E-state index in [0.29, 0.717) is 17.1 Å². The number of carbonyl (C=O) groups excluding carboxylic acids is 2. The van der Waals surface area contributed by atoms with Gasteiger partial charge in [-0.15, -0.1) is 11.3 Å². The molecule has 2 aromatic heterocycles. The molecular weight excluding hydrogens is 362 g/mol. The molecule has 0 aliphatic heterocycles. The first-order valence-corrected chi connectivity index (χ1v) is 9.00. The number of thiazole rings is 1. The number of aldehydes is 1. The van der Waals surface area contributed by atoms with Gasteiger partial charge in [0.2, 0.25) is 5.91 Å². The number of benzene rings is 1. The first-order chi connectivity index (χ1) is 13.2. The van der Waals surface area contributed by atoms with Gasteiger partial charge in [0.25, 0.3) is 0 Å². The van der Waals surface area contributed by atoms with Gasteiger partial charge in [0, 0.05) is 18.6 Å². The molecule has 2 heterocycles. The van der Waals surface area contributed by atoms with Crippen LogP contribution in [-0.2, 0) is 9.59 Å². The smallest absolute Gasteiger partial charge is 0.245 e. The van der Waals surface area contributed by atoms with Crippen molar-refractivity contribution < 1.29 is 9.59 Å². The number of pyridine rings is 1.